The molecule has 10 heteroatoms. The molecule has 1 N–H and O–H groups in total. The Balaban J connectivity index is 1.14. The molecule has 1 unspecified atom stereocenters. The molecule has 41 heavy (non-hydrogen) atoms. The number of hydrogen-bond donors (Lipinski definition) is 1. The second kappa shape index (κ2) is 11.1. The molecule has 1 atom stereocenters. The van der Waals surface area contributed by atoms with Gasteiger partial charge in [0.15, 0.2) is 0 Å². The molecule has 0 spiro atoms. The van der Waals surface area contributed by atoms with Crippen LogP contribution in [0.25, 0.3) is 0 Å². The van der Waals surface area contributed by atoms with E-state index in [9.17, 15) is 23.2 Å². The number of piperidine rings is 1. The number of rotatable bonds is 6. The van der Waals surface area contributed by atoms with Crippen molar-refractivity contribution in [2.24, 2.45) is 0 Å². The highest BCUT2D eigenvalue weighted by molar-refractivity contribution is 6.05. The summed E-state index contributed by atoms with van der Waals surface area (Å²) in [6, 6.07) is 15.0. The van der Waals surface area contributed by atoms with Crippen LogP contribution in [0.1, 0.15) is 51.5 Å². The van der Waals surface area contributed by atoms with Crippen LogP contribution in [0.2, 0.25) is 0 Å². The molecule has 3 aromatic carbocycles. The second-order valence-electron chi connectivity index (χ2n) is 10.8. The molecule has 0 saturated carbocycles. The lowest BCUT2D eigenvalue weighted by molar-refractivity contribution is -0.136. The van der Waals surface area contributed by atoms with E-state index in [0.717, 1.165) is 16.7 Å². The van der Waals surface area contributed by atoms with Gasteiger partial charge in [0.25, 0.3) is 5.91 Å². The van der Waals surface area contributed by atoms with Gasteiger partial charge in [-0.2, -0.15) is 0 Å². The molecule has 2 fully saturated rings. The molecule has 3 amide bonds. The van der Waals surface area contributed by atoms with Crippen LogP contribution in [0.15, 0.2) is 60.7 Å². The molecule has 0 aliphatic carbocycles. The normalized spacial score (nSPS) is 20.0. The molecule has 212 valence electrons. The molecule has 7 nitrogen and oxygen atoms in total. The summed E-state index contributed by atoms with van der Waals surface area (Å²) in [5.41, 5.74) is 3.10. The summed E-state index contributed by atoms with van der Waals surface area (Å²) in [5, 5.41) is 2.26. The smallest absolute Gasteiger partial charge is 0.258 e. The van der Waals surface area contributed by atoms with Gasteiger partial charge in [0, 0.05) is 45.7 Å². The summed E-state index contributed by atoms with van der Waals surface area (Å²) >= 11 is 0. The summed E-state index contributed by atoms with van der Waals surface area (Å²) in [6.45, 7) is 3.37. The van der Waals surface area contributed by atoms with Crippen molar-refractivity contribution in [1.29, 1.82) is 0 Å². The third-order valence-electron chi connectivity index (χ3n) is 8.18. The van der Waals surface area contributed by atoms with E-state index in [1.165, 1.54) is 35.2 Å². The average Bonchev–Trinajstić information content (AvgIpc) is 3.28. The van der Waals surface area contributed by atoms with Crippen molar-refractivity contribution in [3.63, 3.8) is 0 Å². The van der Waals surface area contributed by atoms with Gasteiger partial charge in [-0.1, -0.05) is 30.3 Å². The van der Waals surface area contributed by atoms with E-state index in [1.807, 2.05) is 6.07 Å². The van der Waals surface area contributed by atoms with Gasteiger partial charge in [-0.3, -0.25) is 29.5 Å². The van der Waals surface area contributed by atoms with Crippen molar-refractivity contribution in [3.8, 4) is 0 Å². The Labute approximate surface area is 235 Å². The predicted octanol–water partition coefficient (Wildman–Crippen LogP) is 3.77. The quantitative estimate of drug-likeness (QED) is 0.464. The van der Waals surface area contributed by atoms with Crippen LogP contribution in [0.4, 0.5) is 13.2 Å². The number of carbonyl (C=O) groups excluding carboxylic acids is 3. The zero-order valence-electron chi connectivity index (χ0n) is 22.3. The number of benzene rings is 3. The van der Waals surface area contributed by atoms with E-state index >= 15 is 4.39 Å². The van der Waals surface area contributed by atoms with Gasteiger partial charge in [-0.05, 0) is 59.0 Å². The summed E-state index contributed by atoms with van der Waals surface area (Å²) in [5.74, 6) is -2.67. The Hall–Kier alpha value is -4.02. The van der Waals surface area contributed by atoms with Gasteiger partial charge in [-0.25, -0.2) is 13.2 Å². The number of hydrogen-bond acceptors (Lipinski definition) is 5. The zero-order valence-corrected chi connectivity index (χ0v) is 22.3. The summed E-state index contributed by atoms with van der Waals surface area (Å²) in [6.07, 6.45) is 0.361. The van der Waals surface area contributed by atoms with Gasteiger partial charge in [0.05, 0.1) is 11.6 Å². The Morgan fingerprint density at radius 2 is 1.44 bits per heavy atom. The van der Waals surface area contributed by atoms with E-state index in [1.54, 1.807) is 24.3 Å². The van der Waals surface area contributed by atoms with Crippen LogP contribution in [0.5, 0.6) is 0 Å². The lowest BCUT2D eigenvalue weighted by Crippen LogP contribution is -2.52. The van der Waals surface area contributed by atoms with Gasteiger partial charge in [0.1, 0.15) is 23.5 Å². The van der Waals surface area contributed by atoms with Crippen LogP contribution in [-0.4, -0.2) is 64.6 Å². The van der Waals surface area contributed by atoms with Crippen LogP contribution in [0.3, 0.4) is 0 Å². The van der Waals surface area contributed by atoms with Crippen molar-refractivity contribution in [2.45, 2.75) is 38.0 Å². The predicted molar refractivity (Wildman–Crippen MR) is 144 cm³/mol. The van der Waals surface area contributed by atoms with Gasteiger partial charge < -0.3 is 4.90 Å². The average molecular weight is 563 g/mol. The number of nitrogens with zero attached hydrogens (tertiary/aromatic N) is 3. The molecule has 0 radical (unpaired) electrons. The lowest BCUT2D eigenvalue weighted by atomic mass is 9.96. The van der Waals surface area contributed by atoms with E-state index < -0.39 is 23.7 Å². The number of nitrogens with one attached hydrogen (secondary N) is 1. The molecule has 3 heterocycles. The largest absolute Gasteiger partial charge is 0.322 e. The maximum absolute atomic E-state index is 15.2. The summed E-state index contributed by atoms with van der Waals surface area (Å²) in [7, 11) is 0. The minimum atomic E-state index is -0.793. The highest BCUT2D eigenvalue weighted by Gasteiger charge is 2.40. The number of halogens is 3. The fraction of sp³-hybridized carbons (Fsp3) is 0.323. The summed E-state index contributed by atoms with van der Waals surface area (Å²) in [4.78, 5) is 42.7. The number of fused-ring (bicyclic) bond motifs is 1. The molecular formula is C31H29F3N4O3. The molecule has 0 aromatic heterocycles. The van der Waals surface area contributed by atoms with Gasteiger partial charge in [-0.15, -0.1) is 0 Å². The third-order valence-corrected chi connectivity index (χ3v) is 8.18. The fourth-order valence-corrected chi connectivity index (χ4v) is 6.15. The summed E-state index contributed by atoms with van der Waals surface area (Å²) < 4.78 is 42.4. The lowest BCUT2D eigenvalue weighted by Gasteiger charge is -2.40. The molecule has 3 aromatic rings. The second-order valence-corrected chi connectivity index (χ2v) is 10.8. The van der Waals surface area contributed by atoms with Gasteiger partial charge in [0.2, 0.25) is 11.8 Å². The molecular weight excluding hydrogens is 533 g/mol. The molecule has 3 aliphatic rings. The highest BCUT2D eigenvalue weighted by atomic mass is 19.1. The van der Waals surface area contributed by atoms with Crippen LogP contribution in [0, 0.1) is 17.5 Å². The number of amides is 3. The van der Waals surface area contributed by atoms with E-state index in [-0.39, 0.29) is 48.5 Å². The first-order chi connectivity index (χ1) is 19.8. The molecule has 0 bridgehead atoms. The Morgan fingerprint density at radius 3 is 2.02 bits per heavy atom. The van der Waals surface area contributed by atoms with E-state index in [2.05, 4.69) is 15.1 Å². The first kappa shape index (κ1) is 27.2. The minimum Gasteiger partial charge on any atom is -0.322 e. The number of piperazine rings is 1. The standard InChI is InChI=1S/C31H29F3N4O3/c32-23-5-1-20(2-6-23)29(21-3-7-24(33)8-4-21)37-13-11-36(12-14-37)17-19-15-22-18-38(31(41)28(22)25(34)16-19)26-9-10-27(39)35-30(26)40/h1-8,15-16,26,29H,9-14,17-18H2,(H,35,39,40). The maximum Gasteiger partial charge on any atom is 0.258 e. The monoisotopic (exact) mass is 562 g/mol. The van der Waals surface area contributed by atoms with Crippen molar-refractivity contribution >= 4 is 17.7 Å². The maximum atomic E-state index is 15.2. The van der Waals surface area contributed by atoms with Crippen molar-refractivity contribution in [1.82, 2.24) is 20.0 Å². The zero-order chi connectivity index (χ0) is 28.7. The van der Waals surface area contributed by atoms with E-state index in [0.29, 0.717) is 38.3 Å². The Morgan fingerprint density at radius 1 is 0.829 bits per heavy atom. The van der Waals surface area contributed by atoms with Crippen LogP contribution < -0.4 is 5.32 Å². The van der Waals surface area contributed by atoms with E-state index in [4.69, 9.17) is 0 Å². The van der Waals surface area contributed by atoms with Crippen LogP contribution in [-0.2, 0) is 22.7 Å². The van der Waals surface area contributed by atoms with Crippen molar-refractivity contribution in [2.75, 3.05) is 26.2 Å². The number of imide groups is 1. The first-order valence-corrected chi connectivity index (χ1v) is 13.7. The SMILES string of the molecule is O=C1CCC(N2Cc3cc(CN4CCN(C(c5ccc(F)cc5)c5ccc(F)cc5)CC4)cc(F)c3C2=O)C(=O)N1. The fourth-order valence-electron chi connectivity index (χ4n) is 6.15. The van der Waals surface area contributed by atoms with Crippen molar-refractivity contribution < 1.29 is 27.6 Å². The Bertz CT molecular complexity index is 1440. The molecule has 2 saturated heterocycles. The highest BCUT2D eigenvalue weighted by Crippen LogP contribution is 2.32. The van der Waals surface area contributed by atoms with Crippen LogP contribution >= 0.6 is 0 Å². The minimum absolute atomic E-state index is 0.00953. The third kappa shape index (κ3) is 5.49. The number of carbonyl (C=O) groups is 3. The molecule has 6 rings (SSSR count). The Kier molecular flexibility index (Phi) is 7.35. The van der Waals surface area contributed by atoms with Gasteiger partial charge >= 0.3 is 0 Å². The first-order valence-electron chi connectivity index (χ1n) is 13.7. The molecule has 3 aliphatic heterocycles. The van der Waals surface area contributed by atoms with Crippen molar-refractivity contribution in [3.05, 3.63) is 106 Å². The topological polar surface area (TPSA) is 73.0 Å².